The third-order valence-corrected chi connectivity index (χ3v) is 7.85. The third-order valence-electron chi connectivity index (χ3n) is 7.85. The summed E-state index contributed by atoms with van der Waals surface area (Å²) in [5.74, 6) is -1.89. The molecule has 1 fully saturated rings. The van der Waals surface area contributed by atoms with Gasteiger partial charge in [-0.25, -0.2) is 13.8 Å². The van der Waals surface area contributed by atoms with Crippen LogP contribution in [-0.4, -0.2) is 51.9 Å². The van der Waals surface area contributed by atoms with Crippen LogP contribution in [0.25, 0.3) is 22.2 Å². The first-order valence-corrected chi connectivity index (χ1v) is 14.0. The van der Waals surface area contributed by atoms with E-state index >= 15 is 4.39 Å². The molecule has 4 aromatic rings. The second kappa shape index (κ2) is 11.5. The van der Waals surface area contributed by atoms with Gasteiger partial charge in [0.15, 0.2) is 5.82 Å². The van der Waals surface area contributed by atoms with Crippen LogP contribution in [0.4, 0.5) is 8.78 Å². The molecule has 2 unspecified atom stereocenters. The first-order chi connectivity index (χ1) is 20.7. The fraction of sp³-hybridized carbons (Fsp3) is 0.344. The quantitative estimate of drug-likeness (QED) is 0.273. The van der Waals surface area contributed by atoms with E-state index in [0.717, 1.165) is 0 Å². The summed E-state index contributed by atoms with van der Waals surface area (Å²) in [7, 11) is 1.44. The lowest BCUT2D eigenvalue weighted by Crippen LogP contribution is -2.36. The number of primary amides is 1. The Morgan fingerprint density at radius 3 is 2.50 bits per heavy atom. The molecule has 4 N–H and O–H groups in total. The molecule has 1 aliphatic heterocycles. The van der Waals surface area contributed by atoms with E-state index in [1.165, 1.54) is 64.3 Å². The Bertz CT molecular complexity index is 1770. The van der Waals surface area contributed by atoms with Crippen LogP contribution in [0.3, 0.4) is 0 Å². The average molecular weight is 606 g/mol. The molecule has 44 heavy (non-hydrogen) atoms. The molecule has 0 spiro atoms. The van der Waals surface area contributed by atoms with E-state index in [1.807, 2.05) is 0 Å². The number of aromatic nitrogens is 3. The molecule has 2 amide bonds. The first-order valence-electron chi connectivity index (χ1n) is 14.0. The third kappa shape index (κ3) is 5.82. The number of carbonyl (C=O) groups excluding carboxylic acids is 2. The second-order valence-electron chi connectivity index (χ2n) is 11.6. The van der Waals surface area contributed by atoms with Crippen molar-refractivity contribution in [2.75, 3.05) is 13.7 Å². The van der Waals surface area contributed by atoms with E-state index in [4.69, 9.17) is 20.2 Å². The predicted molar refractivity (Wildman–Crippen MR) is 158 cm³/mol. The van der Waals surface area contributed by atoms with Crippen LogP contribution in [0.5, 0.6) is 5.75 Å². The van der Waals surface area contributed by atoms with Gasteiger partial charge in [-0.15, -0.1) is 5.10 Å². The number of amides is 2. The number of halogens is 2. The summed E-state index contributed by atoms with van der Waals surface area (Å²) >= 11 is 0. The van der Waals surface area contributed by atoms with Gasteiger partial charge in [0, 0.05) is 41.8 Å². The maximum absolute atomic E-state index is 16.0. The van der Waals surface area contributed by atoms with Crippen molar-refractivity contribution in [2.24, 2.45) is 5.73 Å². The zero-order valence-electron chi connectivity index (χ0n) is 25.0. The lowest BCUT2D eigenvalue weighted by molar-refractivity contribution is -0.119. The topological polar surface area (TPSA) is 150 Å². The number of aliphatic hydroxyl groups is 1. The van der Waals surface area contributed by atoms with Crippen molar-refractivity contribution >= 4 is 22.7 Å². The SMILES string of the molecule is COc1cc(C(N)=O)cc2c(CC3(c4cc(C(C)(C)O)c(F)c(-c5ccc(F)cc5)n4)CC(NC(C)=O)CO3)c(C)nnc12. The average Bonchev–Trinajstić information content (AvgIpc) is 3.36. The van der Waals surface area contributed by atoms with Crippen LogP contribution in [0, 0.1) is 18.6 Å². The molecule has 0 saturated carbocycles. The number of hydrogen-bond donors (Lipinski definition) is 3. The molecule has 2 atom stereocenters. The monoisotopic (exact) mass is 605 g/mol. The lowest BCUT2D eigenvalue weighted by Gasteiger charge is -2.31. The zero-order chi connectivity index (χ0) is 32.0. The molecule has 10 nitrogen and oxygen atoms in total. The van der Waals surface area contributed by atoms with Crippen LogP contribution in [-0.2, 0) is 27.2 Å². The summed E-state index contributed by atoms with van der Waals surface area (Å²) in [6, 6.07) is 9.34. The fourth-order valence-corrected chi connectivity index (χ4v) is 5.68. The Kier molecular flexibility index (Phi) is 8.08. The molecule has 1 aliphatic rings. The number of fused-ring (bicyclic) bond motifs is 1. The summed E-state index contributed by atoms with van der Waals surface area (Å²) in [5.41, 5.74) is 4.92. The van der Waals surface area contributed by atoms with Gasteiger partial charge in [-0.1, -0.05) is 0 Å². The van der Waals surface area contributed by atoms with Gasteiger partial charge in [0.05, 0.1) is 36.7 Å². The van der Waals surface area contributed by atoms with Crippen molar-refractivity contribution < 1.29 is 33.0 Å². The van der Waals surface area contributed by atoms with Crippen molar-refractivity contribution in [1.29, 1.82) is 0 Å². The Morgan fingerprint density at radius 2 is 1.89 bits per heavy atom. The Morgan fingerprint density at radius 1 is 1.18 bits per heavy atom. The van der Waals surface area contributed by atoms with E-state index < -0.39 is 34.8 Å². The summed E-state index contributed by atoms with van der Waals surface area (Å²) in [6.07, 6.45) is 0.342. The molecule has 1 saturated heterocycles. The van der Waals surface area contributed by atoms with Gasteiger partial charge in [-0.05, 0) is 68.8 Å². The lowest BCUT2D eigenvalue weighted by atomic mass is 9.83. The zero-order valence-corrected chi connectivity index (χ0v) is 25.0. The Labute approximate surface area is 252 Å². The minimum Gasteiger partial charge on any atom is -0.494 e. The van der Waals surface area contributed by atoms with Gasteiger partial charge >= 0.3 is 0 Å². The van der Waals surface area contributed by atoms with Gasteiger partial charge in [-0.2, -0.15) is 5.10 Å². The number of benzene rings is 2. The van der Waals surface area contributed by atoms with Gasteiger partial charge < -0.3 is 25.6 Å². The Balaban J connectivity index is 1.77. The molecule has 0 radical (unpaired) electrons. The Hall–Kier alpha value is -4.55. The number of nitrogens with two attached hydrogens (primary N) is 1. The van der Waals surface area contributed by atoms with E-state index in [1.54, 1.807) is 13.0 Å². The largest absolute Gasteiger partial charge is 0.494 e. The summed E-state index contributed by atoms with van der Waals surface area (Å²) in [4.78, 5) is 29.0. The summed E-state index contributed by atoms with van der Waals surface area (Å²) < 4.78 is 41.8. The number of nitrogens with zero attached hydrogens (tertiary/aromatic N) is 3. The van der Waals surface area contributed by atoms with Crippen LogP contribution in [0.15, 0.2) is 42.5 Å². The van der Waals surface area contributed by atoms with Crippen molar-refractivity contribution in [3.63, 3.8) is 0 Å². The molecule has 2 aromatic heterocycles. The summed E-state index contributed by atoms with van der Waals surface area (Å²) in [5, 5.41) is 23.1. The first kappa shape index (κ1) is 30.9. The van der Waals surface area contributed by atoms with Gasteiger partial charge in [0.1, 0.15) is 28.4 Å². The highest BCUT2D eigenvalue weighted by Gasteiger charge is 2.46. The van der Waals surface area contributed by atoms with Crippen molar-refractivity contribution in [1.82, 2.24) is 20.5 Å². The smallest absolute Gasteiger partial charge is 0.248 e. The van der Waals surface area contributed by atoms with Crippen LogP contribution < -0.4 is 15.8 Å². The molecule has 5 rings (SSSR count). The van der Waals surface area contributed by atoms with Gasteiger partial charge in [-0.3, -0.25) is 9.59 Å². The summed E-state index contributed by atoms with van der Waals surface area (Å²) in [6.45, 7) is 6.18. The number of hydrogen-bond acceptors (Lipinski definition) is 8. The number of carbonyl (C=O) groups is 2. The van der Waals surface area contributed by atoms with Crippen molar-refractivity contribution in [3.05, 3.63) is 82.2 Å². The number of nitrogens with one attached hydrogen (secondary N) is 1. The number of pyridine rings is 1. The highest BCUT2D eigenvalue weighted by Crippen LogP contribution is 2.43. The molecule has 12 heteroatoms. The van der Waals surface area contributed by atoms with E-state index in [9.17, 15) is 19.1 Å². The normalized spacial score (nSPS) is 18.4. The number of rotatable bonds is 8. The molecular formula is C32H33F2N5O5. The minimum absolute atomic E-state index is 0.0418. The van der Waals surface area contributed by atoms with Crippen LogP contribution >= 0.6 is 0 Å². The number of aryl methyl sites for hydroxylation is 1. The molecule has 230 valence electrons. The van der Waals surface area contributed by atoms with Crippen LogP contribution in [0.1, 0.15) is 60.1 Å². The van der Waals surface area contributed by atoms with Gasteiger partial charge in [0.25, 0.3) is 0 Å². The maximum Gasteiger partial charge on any atom is 0.248 e. The second-order valence-corrected chi connectivity index (χ2v) is 11.6. The number of ether oxygens (including phenoxy) is 2. The highest BCUT2D eigenvalue weighted by atomic mass is 19.1. The molecular weight excluding hydrogens is 572 g/mol. The van der Waals surface area contributed by atoms with Crippen molar-refractivity contribution in [3.8, 4) is 17.0 Å². The van der Waals surface area contributed by atoms with Gasteiger partial charge in [0.2, 0.25) is 11.8 Å². The molecule has 0 bridgehead atoms. The van der Waals surface area contributed by atoms with E-state index in [2.05, 4.69) is 15.5 Å². The molecule has 3 heterocycles. The van der Waals surface area contributed by atoms with E-state index in [0.29, 0.717) is 33.5 Å². The molecule has 2 aromatic carbocycles. The van der Waals surface area contributed by atoms with Crippen molar-refractivity contribution in [2.45, 2.75) is 57.8 Å². The number of methoxy groups -OCH3 is 1. The van der Waals surface area contributed by atoms with E-state index in [-0.39, 0.29) is 47.9 Å². The fourth-order valence-electron chi connectivity index (χ4n) is 5.68. The predicted octanol–water partition coefficient (Wildman–Crippen LogP) is 3.98. The maximum atomic E-state index is 16.0. The molecule has 0 aliphatic carbocycles. The van der Waals surface area contributed by atoms with Crippen LogP contribution in [0.2, 0.25) is 0 Å². The highest BCUT2D eigenvalue weighted by molar-refractivity contribution is 6.00. The minimum atomic E-state index is -1.63. The standard InChI is InChI=1S/C32H33F2N5O5/c1-16-23(22-10-19(30(35)41)11-25(43-5)29(22)39-38-16)14-32(13-21(15-44-32)36-17(2)40)26-12-24(31(3,4)42)27(34)28(37-26)18-6-8-20(33)9-7-18/h6-12,21,42H,13-15H2,1-5H3,(H2,35,41)(H,36,40).